The second-order valence-corrected chi connectivity index (χ2v) is 5.63. The first-order chi connectivity index (χ1) is 9.10. The zero-order valence-electron chi connectivity index (χ0n) is 12.1. The maximum atomic E-state index is 11.8. The van der Waals surface area contributed by atoms with Gasteiger partial charge in [0.05, 0.1) is 7.11 Å². The Balaban J connectivity index is 2.15. The molecule has 3 atom stereocenters. The van der Waals surface area contributed by atoms with Gasteiger partial charge < -0.3 is 9.84 Å². The Morgan fingerprint density at radius 3 is 2.63 bits per heavy atom. The van der Waals surface area contributed by atoms with E-state index in [0.29, 0.717) is 24.5 Å². The van der Waals surface area contributed by atoms with Crippen molar-refractivity contribution >= 4 is 11.8 Å². The van der Waals surface area contributed by atoms with Crippen LogP contribution in [0.25, 0.3) is 0 Å². The number of ketones is 1. The highest BCUT2D eigenvalue weighted by Crippen LogP contribution is 2.36. The number of aliphatic hydroxyl groups is 1. The van der Waals surface area contributed by atoms with Gasteiger partial charge in [-0.25, -0.2) is 0 Å². The van der Waals surface area contributed by atoms with Crippen LogP contribution < -0.4 is 0 Å². The molecular formula is C15H26O4. The van der Waals surface area contributed by atoms with Crippen molar-refractivity contribution in [3.63, 3.8) is 0 Å². The number of aliphatic hydroxyl groups excluding tert-OH is 1. The highest BCUT2D eigenvalue weighted by molar-refractivity contribution is 5.83. The molecule has 110 valence electrons. The van der Waals surface area contributed by atoms with Crippen LogP contribution in [0.2, 0.25) is 0 Å². The van der Waals surface area contributed by atoms with Crippen molar-refractivity contribution in [2.75, 3.05) is 13.7 Å². The quantitative estimate of drug-likeness (QED) is 0.543. The van der Waals surface area contributed by atoms with Crippen molar-refractivity contribution in [2.45, 2.75) is 51.9 Å². The van der Waals surface area contributed by atoms with Gasteiger partial charge in [-0.3, -0.25) is 9.59 Å². The molecule has 0 spiro atoms. The zero-order valence-corrected chi connectivity index (χ0v) is 12.1. The smallest absolute Gasteiger partial charge is 0.305 e. The van der Waals surface area contributed by atoms with E-state index in [9.17, 15) is 14.7 Å². The first-order valence-corrected chi connectivity index (χ1v) is 7.30. The minimum Gasteiger partial charge on any atom is -0.469 e. The predicted molar refractivity (Wildman–Crippen MR) is 72.6 cm³/mol. The van der Waals surface area contributed by atoms with Gasteiger partial charge in [-0.2, -0.15) is 0 Å². The third-order valence-corrected chi connectivity index (χ3v) is 4.27. The Morgan fingerprint density at radius 1 is 1.32 bits per heavy atom. The number of methoxy groups -OCH3 is 1. The molecule has 0 heterocycles. The third kappa shape index (κ3) is 4.94. The summed E-state index contributed by atoms with van der Waals surface area (Å²) >= 11 is 0. The molecule has 19 heavy (non-hydrogen) atoms. The second kappa shape index (κ2) is 8.31. The topological polar surface area (TPSA) is 63.6 Å². The van der Waals surface area contributed by atoms with E-state index in [4.69, 9.17) is 0 Å². The highest BCUT2D eigenvalue weighted by atomic mass is 16.5. The number of ether oxygens (including phenoxy) is 1. The number of carbonyl (C=O) groups is 2. The van der Waals surface area contributed by atoms with Crippen LogP contribution in [0.1, 0.15) is 51.9 Å². The number of rotatable bonds is 8. The Bertz CT molecular complexity index is 301. The maximum absolute atomic E-state index is 11.8. The molecule has 1 aliphatic rings. The van der Waals surface area contributed by atoms with Crippen LogP contribution in [0.3, 0.4) is 0 Å². The van der Waals surface area contributed by atoms with Gasteiger partial charge >= 0.3 is 5.97 Å². The molecule has 0 amide bonds. The number of unbranched alkanes of at least 4 members (excludes halogenated alkanes) is 3. The van der Waals surface area contributed by atoms with Crippen LogP contribution in [-0.4, -0.2) is 30.6 Å². The van der Waals surface area contributed by atoms with Gasteiger partial charge in [-0.05, 0) is 24.7 Å². The second-order valence-electron chi connectivity index (χ2n) is 5.63. The first kappa shape index (κ1) is 16.2. The monoisotopic (exact) mass is 270 g/mol. The molecule has 1 fully saturated rings. The highest BCUT2D eigenvalue weighted by Gasteiger charge is 2.38. The van der Waals surface area contributed by atoms with Gasteiger partial charge in [0.2, 0.25) is 0 Å². The normalized spacial score (nSPS) is 26.7. The summed E-state index contributed by atoms with van der Waals surface area (Å²) in [5, 5.41) is 9.35. The molecule has 0 radical (unpaired) electrons. The fourth-order valence-corrected chi connectivity index (χ4v) is 3.03. The van der Waals surface area contributed by atoms with Crippen LogP contribution in [0, 0.1) is 17.8 Å². The molecule has 0 bridgehead atoms. The standard InChI is InChI=1S/C15H26O4/c1-11-9-14(17)12(13(11)10-16)7-5-3-4-6-8-15(18)19-2/h11-13,16H,3-10H2,1-2H3/t11-,12-,13+/m1/s1. The van der Waals surface area contributed by atoms with Gasteiger partial charge in [0, 0.05) is 25.4 Å². The summed E-state index contributed by atoms with van der Waals surface area (Å²) in [5.41, 5.74) is 0. The molecule has 0 aromatic carbocycles. The first-order valence-electron chi connectivity index (χ1n) is 7.30. The minimum atomic E-state index is -0.153. The summed E-state index contributed by atoms with van der Waals surface area (Å²) < 4.78 is 4.58. The van der Waals surface area contributed by atoms with Gasteiger partial charge in [-0.1, -0.05) is 26.2 Å². The minimum absolute atomic E-state index is 0.0561. The molecule has 1 N–H and O–H groups in total. The number of hydrogen-bond acceptors (Lipinski definition) is 4. The van der Waals surface area contributed by atoms with Crippen molar-refractivity contribution in [1.82, 2.24) is 0 Å². The molecule has 4 nitrogen and oxygen atoms in total. The average molecular weight is 270 g/mol. The summed E-state index contributed by atoms with van der Waals surface area (Å²) in [5.74, 6) is 0.700. The molecule has 4 heteroatoms. The van der Waals surface area contributed by atoms with E-state index in [1.807, 2.05) is 0 Å². The lowest BCUT2D eigenvalue weighted by Crippen LogP contribution is -2.20. The molecule has 0 unspecified atom stereocenters. The molecule has 1 saturated carbocycles. The number of Topliss-reactive ketones (excluding diaryl/α,β-unsaturated/α-hetero) is 1. The lowest BCUT2D eigenvalue weighted by molar-refractivity contribution is -0.140. The molecule has 1 rings (SSSR count). The summed E-state index contributed by atoms with van der Waals surface area (Å²) in [7, 11) is 1.41. The van der Waals surface area contributed by atoms with Gasteiger partial charge in [0.25, 0.3) is 0 Å². The van der Waals surface area contributed by atoms with Crippen molar-refractivity contribution in [3.8, 4) is 0 Å². The molecule has 0 aliphatic heterocycles. The van der Waals surface area contributed by atoms with Crippen LogP contribution in [0.4, 0.5) is 0 Å². The van der Waals surface area contributed by atoms with E-state index >= 15 is 0 Å². The van der Waals surface area contributed by atoms with Crippen molar-refractivity contribution in [1.29, 1.82) is 0 Å². The van der Waals surface area contributed by atoms with Gasteiger partial charge in [0.15, 0.2) is 0 Å². The lowest BCUT2D eigenvalue weighted by atomic mass is 9.87. The van der Waals surface area contributed by atoms with E-state index in [0.717, 1.165) is 32.1 Å². The van der Waals surface area contributed by atoms with Crippen molar-refractivity contribution in [2.24, 2.45) is 17.8 Å². The summed E-state index contributed by atoms with van der Waals surface area (Å²) in [6.07, 6.45) is 5.87. The van der Waals surface area contributed by atoms with Crippen LogP contribution in [-0.2, 0) is 14.3 Å². The Hall–Kier alpha value is -0.900. The summed E-state index contributed by atoms with van der Waals surface area (Å²) in [4.78, 5) is 22.7. The molecular weight excluding hydrogens is 244 g/mol. The van der Waals surface area contributed by atoms with E-state index in [2.05, 4.69) is 11.7 Å². The SMILES string of the molecule is COC(=O)CCCCCC[C@H]1C(=O)C[C@@H](C)[C@@H]1CO. The number of hydrogen-bond donors (Lipinski definition) is 1. The fraction of sp³-hybridized carbons (Fsp3) is 0.867. The number of esters is 1. The van der Waals surface area contributed by atoms with Gasteiger partial charge in [-0.15, -0.1) is 0 Å². The Morgan fingerprint density at radius 2 is 2.00 bits per heavy atom. The summed E-state index contributed by atoms with van der Waals surface area (Å²) in [6.45, 7) is 2.18. The fourth-order valence-electron chi connectivity index (χ4n) is 3.03. The van der Waals surface area contributed by atoms with Crippen LogP contribution in [0.5, 0.6) is 0 Å². The van der Waals surface area contributed by atoms with E-state index in [-0.39, 0.29) is 24.4 Å². The molecule has 0 saturated heterocycles. The summed E-state index contributed by atoms with van der Waals surface area (Å²) in [6, 6.07) is 0. The van der Waals surface area contributed by atoms with E-state index in [1.54, 1.807) is 0 Å². The Labute approximate surface area is 115 Å². The van der Waals surface area contributed by atoms with Crippen LogP contribution >= 0.6 is 0 Å². The molecule has 1 aliphatic carbocycles. The third-order valence-electron chi connectivity index (χ3n) is 4.27. The average Bonchev–Trinajstić information content (AvgIpc) is 2.67. The predicted octanol–water partition coefficient (Wildman–Crippen LogP) is 2.33. The lowest BCUT2D eigenvalue weighted by Gasteiger charge is -2.18. The largest absolute Gasteiger partial charge is 0.469 e. The maximum Gasteiger partial charge on any atom is 0.305 e. The zero-order chi connectivity index (χ0) is 14.3. The van der Waals surface area contributed by atoms with Gasteiger partial charge in [0.1, 0.15) is 5.78 Å². The molecule has 0 aromatic rings. The van der Waals surface area contributed by atoms with Crippen LogP contribution in [0.15, 0.2) is 0 Å². The van der Waals surface area contributed by atoms with Crippen molar-refractivity contribution in [3.05, 3.63) is 0 Å². The van der Waals surface area contributed by atoms with Crippen molar-refractivity contribution < 1.29 is 19.4 Å². The molecule has 0 aromatic heterocycles. The Kier molecular flexibility index (Phi) is 7.06. The van der Waals surface area contributed by atoms with E-state index < -0.39 is 0 Å². The number of carbonyl (C=O) groups excluding carboxylic acids is 2. The van der Waals surface area contributed by atoms with E-state index in [1.165, 1.54) is 7.11 Å².